The number of methoxy groups -OCH3 is 1. The molecule has 0 aliphatic rings. The molecule has 0 heterocycles. The average molecular weight is 411 g/mol. The SMILES string of the molecule is COc1ccccc1CCC(=O)OC(C)C(=O)Nc1ccc(OC(F)(F)F)cc1. The number of para-hydroxylation sites is 1. The fourth-order valence-electron chi connectivity index (χ4n) is 2.44. The number of amides is 1. The maximum atomic E-state index is 12.1. The number of esters is 1. The van der Waals surface area contributed by atoms with Crippen LogP contribution in [0.15, 0.2) is 48.5 Å². The number of hydrogen-bond acceptors (Lipinski definition) is 5. The molecular weight excluding hydrogens is 391 g/mol. The maximum Gasteiger partial charge on any atom is 0.573 e. The predicted molar refractivity (Wildman–Crippen MR) is 98.6 cm³/mol. The number of carbonyl (C=O) groups is 2. The van der Waals surface area contributed by atoms with Gasteiger partial charge in [-0.15, -0.1) is 13.2 Å². The van der Waals surface area contributed by atoms with Gasteiger partial charge in [-0.05, 0) is 49.2 Å². The predicted octanol–water partition coefficient (Wildman–Crippen LogP) is 4.10. The van der Waals surface area contributed by atoms with Crippen LogP contribution in [0.25, 0.3) is 0 Å². The number of ether oxygens (including phenoxy) is 3. The second kappa shape index (κ2) is 9.81. The zero-order chi connectivity index (χ0) is 21.4. The van der Waals surface area contributed by atoms with Gasteiger partial charge in [0.2, 0.25) is 0 Å². The minimum absolute atomic E-state index is 0.0570. The number of aryl methyl sites for hydroxylation is 1. The molecule has 0 spiro atoms. The summed E-state index contributed by atoms with van der Waals surface area (Å²) in [6.45, 7) is 1.40. The van der Waals surface area contributed by atoms with Crippen LogP contribution < -0.4 is 14.8 Å². The Bertz CT molecular complexity index is 837. The molecule has 0 saturated carbocycles. The molecule has 2 aromatic rings. The van der Waals surface area contributed by atoms with Gasteiger partial charge in [0.15, 0.2) is 6.10 Å². The zero-order valence-electron chi connectivity index (χ0n) is 15.8. The van der Waals surface area contributed by atoms with Gasteiger partial charge in [0.25, 0.3) is 5.91 Å². The summed E-state index contributed by atoms with van der Waals surface area (Å²) in [6.07, 6.45) is -5.43. The smallest absolute Gasteiger partial charge is 0.496 e. The summed E-state index contributed by atoms with van der Waals surface area (Å²) in [6, 6.07) is 11.9. The summed E-state index contributed by atoms with van der Waals surface area (Å²) in [5.41, 5.74) is 1.08. The molecule has 2 aromatic carbocycles. The quantitative estimate of drug-likeness (QED) is 0.662. The van der Waals surface area contributed by atoms with Crippen molar-refractivity contribution in [1.29, 1.82) is 0 Å². The van der Waals surface area contributed by atoms with Crippen molar-refractivity contribution in [2.45, 2.75) is 32.2 Å². The van der Waals surface area contributed by atoms with Crippen LogP contribution in [-0.2, 0) is 20.7 Å². The van der Waals surface area contributed by atoms with Crippen molar-refractivity contribution in [3.63, 3.8) is 0 Å². The Balaban J connectivity index is 1.83. The van der Waals surface area contributed by atoms with Gasteiger partial charge in [0.1, 0.15) is 11.5 Å². The van der Waals surface area contributed by atoms with E-state index < -0.39 is 30.1 Å². The number of hydrogen-bond donors (Lipinski definition) is 1. The van der Waals surface area contributed by atoms with Crippen LogP contribution in [0.5, 0.6) is 11.5 Å². The lowest BCUT2D eigenvalue weighted by Gasteiger charge is -2.14. The van der Waals surface area contributed by atoms with Crippen LogP contribution in [0, 0.1) is 0 Å². The number of halogens is 3. The highest BCUT2D eigenvalue weighted by molar-refractivity contribution is 5.95. The second-order valence-electron chi connectivity index (χ2n) is 6.01. The molecule has 0 fully saturated rings. The number of anilines is 1. The molecule has 0 aromatic heterocycles. The van der Waals surface area contributed by atoms with E-state index in [1.54, 1.807) is 6.07 Å². The first-order valence-electron chi connectivity index (χ1n) is 8.66. The molecule has 0 aliphatic carbocycles. The van der Waals surface area contributed by atoms with Gasteiger partial charge in [-0.3, -0.25) is 9.59 Å². The first-order chi connectivity index (χ1) is 13.7. The summed E-state index contributed by atoms with van der Waals surface area (Å²) < 4.78 is 50.5. The van der Waals surface area contributed by atoms with E-state index in [1.807, 2.05) is 18.2 Å². The Morgan fingerprint density at radius 1 is 1.07 bits per heavy atom. The standard InChI is InChI=1S/C20H20F3NO5/c1-13(28-18(25)12-7-14-5-3-4-6-17(14)27-2)19(26)24-15-8-10-16(11-9-15)29-20(21,22)23/h3-6,8-11,13H,7,12H2,1-2H3,(H,24,26). The molecule has 1 amide bonds. The van der Waals surface area contributed by atoms with E-state index in [0.717, 1.165) is 17.7 Å². The number of alkyl halides is 3. The summed E-state index contributed by atoms with van der Waals surface area (Å²) in [4.78, 5) is 24.1. The third-order valence-corrected chi connectivity index (χ3v) is 3.82. The summed E-state index contributed by atoms with van der Waals surface area (Å²) in [7, 11) is 1.53. The lowest BCUT2D eigenvalue weighted by Crippen LogP contribution is -2.30. The van der Waals surface area contributed by atoms with Crippen LogP contribution in [0.2, 0.25) is 0 Å². The molecule has 156 valence electrons. The van der Waals surface area contributed by atoms with Gasteiger partial charge in [-0.2, -0.15) is 0 Å². The minimum atomic E-state index is -4.79. The van der Waals surface area contributed by atoms with Gasteiger partial charge in [0, 0.05) is 12.1 Å². The van der Waals surface area contributed by atoms with E-state index in [9.17, 15) is 22.8 Å². The Morgan fingerprint density at radius 3 is 2.34 bits per heavy atom. The molecule has 0 saturated heterocycles. The second-order valence-corrected chi connectivity index (χ2v) is 6.01. The Kier molecular flexibility index (Phi) is 7.46. The van der Waals surface area contributed by atoms with E-state index in [-0.39, 0.29) is 12.1 Å². The van der Waals surface area contributed by atoms with Crippen LogP contribution in [-0.4, -0.2) is 31.5 Å². The molecule has 1 N–H and O–H groups in total. The van der Waals surface area contributed by atoms with Crippen molar-refractivity contribution < 1.29 is 37.0 Å². The summed E-state index contributed by atoms with van der Waals surface area (Å²) >= 11 is 0. The van der Waals surface area contributed by atoms with Crippen molar-refractivity contribution in [2.24, 2.45) is 0 Å². The lowest BCUT2D eigenvalue weighted by atomic mass is 10.1. The molecule has 2 rings (SSSR count). The first-order valence-corrected chi connectivity index (χ1v) is 8.66. The normalized spacial score (nSPS) is 12.0. The number of rotatable bonds is 8. The fraction of sp³-hybridized carbons (Fsp3) is 0.300. The zero-order valence-corrected chi connectivity index (χ0v) is 15.8. The minimum Gasteiger partial charge on any atom is -0.496 e. The molecule has 0 aliphatic heterocycles. The number of benzene rings is 2. The third kappa shape index (κ3) is 7.36. The van der Waals surface area contributed by atoms with Crippen molar-refractivity contribution in [3.05, 3.63) is 54.1 Å². The van der Waals surface area contributed by atoms with Gasteiger partial charge in [-0.1, -0.05) is 18.2 Å². The molecule has 0 bridgehead atoms. The van der Waals surface area contributed by atoms with Crippen molar-refractivity contribution >= 4 is 17.6 Å². The van der Waals surface area contributed by atoms with E-state index in [2.05, 4.69) is 10.1 Å². The molecule has 1 unspecified atom stereocenters. The average Bonchev–Trinajstić information content (AvgIpc) is 2.66. The van der Waals surface area contributed by atoms with Crippen molar-refractivity contribution in [1.82, 2.24) is 0 Å². The highest BCUT2D eigenvalue weighted by Gasteiger charge is 2.31. The Morgan fingerprint density at radius 2 is 1.72 bits per heavy atom. The van der Waals surface area contributed by atoms with Crippen LogP contribution in [0.3, 0.4) is 0 Å². The van der Waals surface area contributed by atoms with E-state index >= 15 is 0 Å². The van der Waals surface area contributed by atoms with Crippen molar-refractivity contribution in [2.75, 3.05) is 12.4 Å². The number of nitrogens with one attached hydrogen (secondary N) is 1. The lowest BCUT2D eigenvalue weighted by molar-refractivity contribution is -0.274. The van der Waals surface area contributed by atoms with Gasteiger partial charge < -0.3 is 19.5 Å². The van der Waals surface area contributed by atoms with E-state index in [4.69, 9.17) is 9.47 Å². The Hall–Kier alpha value is -3.23. The molecular formula is C20H20F3NO5. The maximum absolute atomic E-state index is 12.1. The van der Waals surface area contributed by atoms with E-state index in [0.29, 0.717) is 12.2 Å². The Labute approximate surface area is 165 Å². The summed E-state index contributed by atoms with van der Waals surface area (Å²) in [5, 5.41) is 2.46. The molecule has 6 nitrogen and oxygen atoms in total. The molecule has 1 atom stereocenters. The highest BCUT2D eigenvalue weighted by Crippen LogP contribution is 2.24. The summed E-state index contributed by atoms with van der Waals surface area (Å²) in [5.74, 6) is -0.928. The monoisotopic (exact) mass is 411 g/mol. The molecule has 0 radical (unpaired) electrons. The van der Waals surface area contributed by atoms with E-state index in [1.165, 1.54) is 26.2 Å². The van der Waals surface area contributed by atoms with Crippen LogP contribution in [0.1, 0.15) is 18.9 Å². The topological polar surface area (TPSA) is 73.9 Å². The van der Waals surface area contributed by atoms with Crippen LogP contribution in [0.4, 0.5) is 18.9 Å². The molecule has 29 heavy (non-hydrogen) atoms. The third-order valence-electron chi connectivity index (χ3n) is 3.82. The number of carbonyl (C=O) groups excluding carboxylic acids is 2. The van der Waals surface area contributed by atoms with Crippen molar-refractivity contribution in [3.8, 4) is 11.5 Å². The van der Waals surface area contributed by atoms with Gasteiger partial charge >= 0.3 is 12.3 Å². The van der Waals surface area contributed by atoms with Gasteiger partial charge in [-0.25, -0.2) is 0 Å². The largest absolute Gasteiger partial charge is 0.573 e. The highest BCUT2D eigenvalue weighted by atomic mass is 19.4. The molecule has 9 heteroatoms. The van der Waals surface area contributed by atoms with Crippen LogP contribution >= 0.6 is 0 Å². The van der Waals surface area contributed by atoms with Gasteiger partial charge in [0.05, 0.1) is 7.11 Å². The first kappa shape index (κ1) is 22.1. The fourth-order valence-corrected chi connectivity index (χ4v) is 2.44.